The molecule has 0 saturated carbocycles. The standard InChI is InChI=1S/C43H66O11/c1-25-21-35(52-43(24-25)36(46)12-11-32(51-43)23-29(5)44)26(2)9-10-31-14-18-42(50-31)19-15-34-40(54-42)37(47)30(6)39(49-34)33(45)22-28(4)38-27(3)13-17-41(53-38)16-7-8-20-48-41/h9-10,24,26-28,31-40,45-47H,6-8,11-23H2,1-5H3/b10-9+/t26-,27-,28-,31-,32-,33+,34-,35-,36-,37-,38+,39-,40+,41-,42+,43-/m0/s1. The van der Waals surface area contributed by atoms with Gasteiger partial charge in [0.05, 0.1) is 43.2 Å². The van der Waals surface area contributed by atoms with E-state index in [1.165, 1.54) is 0 Å². The van der Waals surface area contributed by atoms with Crippen LogP contribution in [0.5, 0.6) is 0 Å². The Morgan fingerprint density at radius 1 is 0.981 bits per heavy atom. The van der Waals surface area contributed by atoms with E-state index in [2.05, 4.69) is 39.5 Å². The van der Waals surface area contributed by atoms with Crippen LogP contribution in [0.3, 0.4) is 0 Å². The third-order valence-electron chi connectivity index (χ3n) is 13.4. The first-order valence-electron chi connectivity index (χ1n) is 21.0. The molecular formula is C43H66O11. The molecule has 3 spiro atoms. The topological polar surface area (TPSA) is 142 Å². The SMILES string of the molecule is C=C1[C@H](O)[C@@H]2O[C@@]3(CC[C@@H]2O[C@@H]1[C@H](O)C[C@H](C)[C@@H]1O[C@@]2(CCCCO2)CC[C@@H]1C)CC[C@H](/C=C/[C@H](C)[C@@H]1CC(C)=C[C@]2(O[C@H](CC(C)=O)CC[C@@H]2O)O1)O3. The van der Waals surface area contributed by atoms with Crippen LogP contribution in [-0.4, -0.2) is 106 Å². The highest BCUT2D eigenvalue weighted by Crippen LogP contribution is 2.47. The van der Waals surface area contributed by atoms with Crippen LogP contribution < -0.4 is 0 Å². The summed E-state index contributed by atoms with van der Waals surface area (Å²) < 4.78 is 45.3. The number of fused-ring (bicyclic) bond motifs is 1. The maximum atomic E-state index is 11.8. The molecule has 11 nitrogen and oxygen atoms in total. The molecule has 7 aliphatic rings. The van der Waals surface area contributed by atoms with Gasteiger partial charge < -0.3 is 48.5 Å². The van der Waals surface area contributed by atoms with Gasteiger partial charge in [0.2, 0.25) is 5.79 Å². The van der Waals surface area contributed by atoms with Gasteiger partial charge in [-0.05, 0) is 95.1 Å². The van der Waals surface area contributed by atoms with Gasteiger partial charge in [0.15, 0.2) is 11.6 Å². The van der Waals surface area contributed by atoms with E-state index >= 15 is 0 Å². The average molecular weight is 759 g/mol. The van der Waals surface area contributed by atoms with Gasteiger partial charge in [-0.15, -0.1) is 0 Å². The molecule has 6 saturated heterocycles. The summed E-state index contributed by atoms with van der Waals surface area (Å²) in [6.45, 7) is 15.0. The van der Waals surface area contributed by atoms with Gasteiger partial charge in [0, 0.05) is 38.0 Å². The lowest BCUT2D eigenvalue weighted by atomic mass is 9.79. The molecule has 0 amide bonds. The number of carbonyl (C=O) groups is 1. The fraction of sp³-hybridized carbons (Fsp3) is 0.837. The molecule has 0 bridgehead atoms. The summed E-state index contributed by atoms with van der Waals surface area (Å²) in [6, 6.07) is 0. The van der Waals surface area contributed by atoms with Crippen LogP contribution in [-0.2, 0) is 38.0 Å². The summed E-state index contributed by atoms with van der Waals surface area (Å²) in [7, 11) is 0. The molecular weight excluding hydrogens is 692 g/mol. The number of rotatable bonds is 9. The Morgan fingerprint density at radius 2 is 1.76 bits per heavy atom. The van der Waals surface area contributed by atoms with Crippen molar-refractivity contribution in [2.45, 2.75) is 203 Å². The van der Waals surface area contributed by atoms with Crippen LogP contribution in [0, 0.1) is 17.8 Å². The van der Waals surface area contributed by atoms with Crippen molar-refractivity contribution < 1.29 is 53.3 Å². The Balaban J connectivity index is 0.921. The molecule has 0 aromatic rings. The van der Waals surface area contributed by atoms with Crippen LogP contribution in [0.1, 0.15) is 125 Å². The van der Waals surface area contributed by atoms with Crippen LogP contribution in [0.25, 0.3) is 0 Å². The maximum absolute atomic E-state index is 11.8. The van der Waals surface area contributed by atoms with E-state index in [1.54, 1.807) is 6.92 Å². The summed E-state index contributed by atoms with van der Waals surface area (Å²) >= 11 is 0. The van der Waals surface area contributed by atoms with E-state index in [4.69, 9.17) is 33.2 Å². The Hall–Kier alpha value is -1.51. The lowest BCUT2D eigenvalue weighted by Gasteiger charge is -2.50. The maximum Gasteiger partial charge on any atom is 0.215 e. The van der Waals surface area contributed by atoms with Crippen LogP contribution >= 0.6 is 0 Å². The third-order valence-corrected chi connectivity index (χ3v) is 13.4. The molecule has 54 heavy (non-hydrogen) atoms. The lowest BCUT2D eigenvalue weighted by Crippen LogP contribution is -2.60. The zero-order valence-corrected chi connectivity index (χ0v) is 33.2. The molecule has 0 unspecified atom stereocenters. The van der Waals surface area contributed by atoms with Crippen LogP contribution in [0.4, 0.5) is 0 Å². The number of hydrogen-bond acceptors (Lipinski definition) is 11. The van der Waals surface area contributed by atoms with Gasteiger partial charge in [-0.1, -0.05) is 45.1 Å². The van der Waals surface area contributed by atoms with E-state index < -0.39 is 47.9 Å². The minimum Gasteiger partial charge on any atom is -0.390 e. The number of Topliss-reactive ketones (excluding diaryl/α,β-unsaturated/α-hetero) is 1. The van der Waals surface area contributed by atoms with Crippen molar-refractivity contribution in [1.29, 1.82) is 0 Å². The number of ketones is 1. The number of aliphatic hydroxyl groups excluding tert-OH is 3. The van der Waals surface area contributed by atoms with Gasteiger partial charge in [-0.3, -0.25) is 4.79 Å². The fourth-order valence-electron chi connectivity index (χ4n) is 10.3. The second-order valence-corrected chi connectivity index (χ2v) is 18.0. The number of hydrogen-bond donors (Lipinski definition) is 3. The summed E-state index contributed by atoms with van der Waals surface area (Å²) in [4.78, 5) is 11.8. The predicted molar refractivity (Wildman–Crippen MR) is 200 cm³/mol. The molecule has 304 valence electrons. The molecule has 0 aromatic heterocycles. The number of carbonyl (C=O) groups excluding carboxylic acids is 1. The first kappa shape index (κ1) is 40.7. The van der Waals surface area contributed by atoms with Crippen molar-refractivity contribution >= 4 is 5.78 Å². The van der Waals surface area contributed by atoms with Gasteiger partial charge >= 0.3 is 0 Å². The zero-order chi connectivity index (χ0) is 38.4. The van der Waals surface area contributed by atoms with Crippen molar-refractivity contribution in [2.75, 3.05) is 6.61 Å². The minimum absolute atomic E-state index is 0.00359. The highest BCUT2D eigenvalue weighted by molar-refractivity contribution is 5.76. The van der Waals surface area contributed by atoms with E-state index in [1.807, 2.05) is 13.0 Å². The van der Waals surface area contributed by atoms with Gasteiger partial charge in [0.1, 0.15) is 30.2 Å². The first-order chi connectivity index (χ1) is 25.7. The Bertz CT molecular complexity index is 1410. The second-order valence-electron chi connectivity index (χ2n) is 18.0. The van der Waals surface area contributed by atoms with Crippen molar-refractivity contribution in [3.8, 4) is 0 Å². The van der Waals surface area contributed by atoms with E-state index in [0.717, 1.165) is 50.7 Å². The molecule has 11 heteroatoms. The Kier molecular flexibility index (Phi) is 12.3. The molecule has 7 aliphatic heterocycles. The van der Waals surface area contributed by atoms with Gasteiger partial charge in [-0.2, -0.15) is 0 Å². The van der Waals surface area contributed by atoms with Crippen LogP contribution in [0.15, 0.2) is 36.0 Å². The predicted octanol–water partition coefficient (Wildman–Crippen LogP) is 5.97. The summed E-state index contributed by atoms with van der Waals surface area (Å²) in [5.74, 6) is -2.08. The van der Waals surface area contributed by atoms with E-state index in [0.29, 0.717) is 62.9 Å². The molecule has 16 atom stereocenters. The Labute approximate surface area is 321 Å². The molecule has 7 rings (SSSR count). The van der Waals surface area contributed by atoms with Crippen molar-refractivity contribution in [3.63, 3.8) is 0 Å². The quantitative estimate of drug-likeness (QED) is 0.240. The molecule has 6 fully saturated rings. The van der Waals surface area contributed by atoms with Crippen molar-refractivity contribution in [1.82, 2.24) is 0 Å². The summed E-state index contributed by atoms with van der Waals surface area (Å²) in [6.07, 6.45) is 11.5. The number of aliphatic hydroxyl groups is 3. The highest BCUT2D eigenvalue weighted by atomic mass is 16.7. The molecule has 0 aliphatic carbocycles. The van der Waals surface area contributed by atoms with Gasteiger partial charge in [0.25, 0.3) is 0 Å². The molecule has 0 aromatic carbocycles. The van der Waals surface area contributed by atoms with E-state index in [9.17, 15) is 20.1 Å². The van der Waals surface area contributed by atoms with Gasteiger partial charge in [-0.25, -0.2) is 0 Å². The largest absolute Gasteiger partial charge is 0.390 e. The normalized spacial score (nSPS) is 46.1. The van der Waals surface area contributed by atoms with Crippen LogP contribution in [0.2, 0.25) is 0 Å². The summed E-state index contributed by atoms with van der Waals surface area (Å²) in [5, 5.41) is 34.1. The fourth-order valence-corrected chi connectivity index (χ4v) is 10.3. The zero-order valence-electron chi connectivity index (χ0n) is 33.2. The Morgan fingerprint density at radius 3 is 2.52 bits per heavy atom. The van der Waals surface area contributed by atoms with Crippen molar-refractivity contribution in [2.24, 2.45) is 17.8 Å². The van der Waals surface area contributed by atoms with E-state index in [-0.39, 0.29) is 48.1 Å². The molecule has 3 N–H and O–H groups in total. The molecule has 7 heterocycles. The third kappa shape index (κ3) is 8.52. The number of ether oxygens (including phenoxy) is 7. The second kappa shape index (κ2) is 16.4. The highest BCUT2D eigenvalue weighted by Gasteiger charge is 2.54. The smallest absolute Gasteiger partial charge is 0.215 e. The lowest BCUT2D eigenvalue weighted by molar-refractivity contribution is -0.320. The minimum atomic E-state index is -1.25. The first-order valence-corrected chi connectivity index (χ1v) is 21.0. The molecule has 0 radical (unpaired) electrons. The van der Waals surface area contributed by atoms with Crippen molar-refractivity contribution in [3.05, 3.63) is 36.0 Å². The monoisotopic (exact) mass is 758 g/mol. The summed E-state index contributed by atoms with van der Waals surface area (Å²) in [5.41, 5.74) is 1.53. The average Bonchev–Trinajstić information content (AvgIpc) is 3.53.